The first-order valence-corrected chi connectivity index (χ1v) is 5.46. The number of likely N-dealkylation sites (tertiary alicyclic amines) is 1. The normalized spacial score (nSPS) is 19.3. The molecular formula is C11H21NO5W. The minimum absolute atomic E-state index is 0. The molecular weight excluding hydrogens is 410 g/mol. The third kappa shape index (κ3) is 6.47. The zero-order chi connectivity index (χ0) is 13.6. The number of rotatable bonds is 0. The van der Waals surface area contributed by atoms with Crippen molar-refractivity contribution < 1.29 is 45.6 Å². The van der Waals surface area contributed by atoms with Crippen LogP contribution in [0.4, 0.5) is 4.79 Å². The minimum Gasteiger partial charge on any atom is -0.444 e. The first kappa shape index (κ1) is 19.9. The van der Waals surface area contributed by atoms with E-state index in [1.165, 1.54) is 0 Å². The molecule has 1 saturated heterocycles. The molecule has 0 spiro atoms. The van der Waals surface area contributed by atoms with Crippen LogP contribution in [0.25, 0.3) is 0 Å². The molecule has 2 N–H and O–H groups in total. The van der Waals surface area contributed by atoms with Gasteiger partial charge in [-0.05, 0) is 27.2 Å². The van der Waals surface area contributed by atoms with E-state index in [-0.39, 0.29) is 26.8 Å². The van der Waals surface area contributed by atoms with Crippen LogP contribution in [-0.4, -0.2) is 52.5 Å². The van der Waals surface area contributed by atoms with Gasteiger partial charge in [-0.25, -0.2) is 4.79 Å². The van der Waals surface area contributed by atoms with Crippen LogP contribution >= 0.6 is 0 Å². The summed E-state index contributed by atoms with van der Waals surface area (Å²) in [6, 6.07) is 0. The summed E-state index contributed by atoms with van der Waals surface area (Å²) in [5.41, 5.74) is -0.614. The summed E-state index contributed by atoms with van der Waals surface area (Å²) in [7, 11) is 1.00. The Morgan fingerprint density at radius 1 is 1.39 bits per heavy atom. The van der Waals surface area contributed by atoms with E-state index in [0.29, 0.717) is 19.4 Å². The van der Waals surface area contributed by atoms with E-state index in [9.17, 15) is 14.7 Å². The molecule has 0 aromatic rings. The fraction of sp³-hybridized carbons (Fsp3) is 0.818. The standard InChI is InChI=1S/C10H17NO4.CH4O.W/c1-10(2,3)15-9(14)11-6-4-5-7(12)8(11)13;1-2;/h8,13H,4-6H2,1-3H3;2H,1H3;. The molecule has 0 aliphatic carbocycles. The maximum atomic E-state index is 11.6. The van der Waals surface area contributed by atoms with Crippen molar-refractivity contribution in [2.45, 2.75) is 45.4 Å². The second-order valence-electron chi connectivity index (χ2n) is 4.62. The fourth-order valence-electron chi connectivity index (χ4n) is 1.36. The van der Waals surface area contributed by atoms with Gasteiger partial charge >= 0.3 is 6.09 Å². The molecule has 6 nitrogen and oxygen atoms in total. The Labute approximate surface area is 122 Å². The summed E-state index contributed by atoms with van der Waals surface area (Å²) in [6.07, 6.45) is -1.08. The number of piperidine rings is 1. The minimum atomic E-state index is -1.34. The number of Topliss-reactive ketones (excluding diaryl/α,β-unsaturated/α-hetero) is 1. The zero-order valence-electron chi connectivity index (χ0n) is 11.2. The number of hydrogen-bond donors (Lipinski definition) is 2. The summed E-state index contributed by atoms with van der Waals surface area (Å²) in [5, 5.41) is 16.5. The Morgan fingerprint density at radius 3 is 2.33 bits per heavy atom. The molecule has 7 heteroatoms. The maximum Gasteiger partial charge on any atom is 0.412 e. The van der Waals surface area contributed by atoms with Gasteiger partial charge in [0.2, 0.25) is 0 Å². The Balaban J connectivity index is 0. The molecule has 1 unspecified atom stereocenters. The maximum absolute atomic E-state index is 11.6. The Bertz CT molecular complexity index is 277. The van der Waals surface area contributed by atoms with Crippen LogP contribution < -0.4 is 0 Å². The Hall–Kier alpha value is -0.452. The van der Waals surface area contributed by atoms with Crippen LogP contribution in [0.15, 0.2) is 0 Å². The van der Waals surface area contributed by atoms with Gasteiger partial charge in [0.05, 0.1) is 0 Å². The average Bonchev–Trinajstić information content (AvgIpc) is 2.22. The van der Waals surface area contributed by atoms with Gasteiger partial charge < -0.3 is 14.9 Å². The van der Waals surface area contributed by atoms with E-state index >= 15 is 0 Å². The third-order valence-electron chi connectivity index (χ3n) is 2.03. The molecule has 106 valence electrons. The number of nitrogens with zero attached hydrogens (tertiary/aromatic N) is 1. The van der Waals surface area contributed by atoms with Gasteiger partial charge in [0, 0.05) is 41.1 Å². The van der Waals surface area contributed by atoms with Gasteiger partial charge in [-0.2, -0.15) is 0 Å². The molecule has 1 aliphatic rings. The number of carbonyl (C=O) groups is 2. The quantitative estimate of drug-likeness (QED) is 0.584. The van der Waals surface area contributed by atoms with Gasteiger partial charge in [0.1, 0.15) is 5.60 Å². The smallest absolute Gasteiger partial charge is 0.412 e. The molecule has 0 bridgehead atoms. The number of hydrogen-bond acceptors (Lipinski definition) is 5. The summed E-state index contributed by atoms with van der Waals surface area (Å²) in [6.45, 7) is 5.58. The second-order valence-corrected chi connectivity index (χ2v) is 4.62. The van der Waals surface area contributed by atoms with Crippen molar-refractivity contribution in [1.82, 2.24) is 4.90 Å². The van der Waals surface area contributed by atoms with E-state index in [1.807, 2.05) is 0 Å². The van der Waals surface area contributed by atoms with Gasteiger partial charge in [-0.3, -0.25) is 9.69 Å². The molecule has 0 saturated carbocycles. The molecule has 1 amide bonds. The van der Waals surface area contributed by atoms with Crippen molar-refractivity contribution in [3.63, 3.8) is 0 Å². The van der Waals surface area contributed by atoms with E-state index in [4.69, 9.17) is 9.84 Å². The second kappa shape index (κ2) is 8.62. The van der Waals surface area contributed by atoms with Gasteiger partial charge in [0.25, 0.3) is 0 Å². The molecule has 1 heterocycles. The monoisotopic (exact) mass is 431 g/mol. The number of ketones is 1. The first-order chi connectivity index (χ1) is 7.81. The van der Waals surface area contributed by atoms with Gasteiger partial charge in [-0.15, -0.1) is 0 Å². The average molecular weight is 431 g/mol. The molecule has 0 aromatic carbocycles. The van der Waals surface area contributed by atoms with Gasteiger partial charge in [-0.1, -0.05) is 0 Å². The van der Waals surface area contributed by atoms with Crippen LogP contribution in [0.1, 0.15) is 33.6 Å². The number of carbonyl (C=O) groups excluding carboxylic acids is 2. The molecule has 1 rings (SSSR count). The first-order valence-electron chi connectivity index (χ1n) is 5.46. The van der Waals surface area contributed by atoms with Crippen LogP contribution in [0, 0.1) is 0 Å². The molecule has 1 atom stereocenters. The molecule has 18 heavy (non-hydrogen) atoms. The predicted molar refractivity (Wildman–Crippen MR) is 61.3 cm³/mol. The third-order valence-corrected chi connectivity index (χ3v) is 2.03. The van der Waals surface area contributed by atoms with Crippen molar-refractivity contribution in [1.29, 1.82) is 0 Å². The summed E-state index contributed by atoms with van der Waals surface area (Å²) < 4.78 is 5.07. The SMILES string of the molecule is CC(C)(C)OC(=O)N1CCCC(=O)C1O.CO.[W]. The molecule has 0 aromatic heterocycles. The van der Waals surface area contributed by atoms with E-state index in [0.717, 1.165) is 12.0 Å². The summed E-state index contributed by atoms with van der Waals surface area (Å²) in [4.78, 5) is 23.8. The Morgan fingerprint density at radius 2 is 1.89 bits per heavy atom. The number of ether oxygens (including phenoxy) is 1. The van der Waals surface area contributed by atoms with Crippen molar-refractivity contribution in [2.24, 2.45) is 0 Å². The van der Waals surface area contributed by atoms with Crippen molar-refractivity contribution in [3.05, 3.63) is 0 Å². The van der Waals surface area contributed by atoms with Crippen LogP contribution in [0.5, 0.6) is 0 Å². The number of aliphatic hydroxyl groups is 2. The van der Waals surface area contributed by atoms with Crippen molar-refractivity contribution in [2.75, 3.05) is 13.7 Å². The van der Waals surface area contributed by atoms with Crippen LogP contribution in [-0.2, 0) is 30.6 Å². The van der Waals surface area contributed by atoms with Crippen molar-refractivity contribution in [3.8, 4) is 0 Å². The molecule has 1 aliphatic heterocycles. The summed E-state index contributed by atoms with van der Waals surface area (Å²) >= 11 is 0. The predicted octanol–water partition coefficient (Wildman–Crippen LogP) is 0.511. The zero-order valence-corrected chi connectivity index (χ0v) is 14.1. The topological polar surface area (TPSA) is 87.1 Å². The molecule has 1 fully saturated rings. The van der Waals surface area contributed by atoms with E-state index < -0.39 is 17.9 Å². The molecule has 0 radical (unpaired) electrons. The van der Waals surface area contributed by atoms with Crippen LogP contribution in [0.3, 0.4) is 0 Å². The van der Waals surface area contributed by atoms with Gasteiger partial charge in [0.15, 0.2) is 12.0 Å². The summed E-state index contributed by atoms with van der Waals surface area (Å²) in [5.74, 6) is -0.327. The van der Waals surface area contributed by atoms with E-state index in [2.05, 4.69) is 0 Å². The van der Waals surface area contributed by atoms with Crippen LogP contribution in [0.2, 0.25) is 0 Å². The van der Waals surface area contributed by atoms with Crippen molar-refractivity contribution >= 4 is 11.9 Å². The fourth-order valence-corrected chi connectivity index (χ4v) is 1.36. The largest absolute Gasteiger partial charge is 0.444 e. The van der Waals surface area contributed by atoms with E-state index in [1.54, 1.807) is 20.8 Å². The number of amides is 1. The Kier molecular flexibility index (Phi) is 9.51. The number of aliphatic hydroxyl groups excluding tert-OH is 2.